The Hall–Kier alpha value is -2.56. The van der Waals surface area contributed by atoms with Crippen LogP contribution in [-0.4, -0.2) is 17.9 Å². The smallest absolute Gasteiger partial charge is 0.258 e. The molecule has 1 aromatic carbocycles. The molecule has 0 fully saturated rings. The van der Waals surface area contributed by atoms with Gasteiger partial charge in [-0.25, -0.2) is 0 Å². The average molecular weight is 286 g/mol. The molecule has 2 rings (SSSR count). The molecule has 2 aromatic rings. The summed E-state index contributed by atoms with van der Waals surface area (Å²) >= 11 is 0. The number of nitrogens with one attached hydrogen (secondary N) is 2. The zero-order valence-corrected chi connectivity index (χ0v) is 12.1. The number of benzene rings is 1. The molecule has 0 saturated carbocycles. The predicted molar refractivity (Wildman–Crippen MR) is 80.3 cm³/mol. The van der Waals surface area contributed by atoms with Gasteiger partial charge in [0.25, 0.3) is 11.8 Å². The maximum Gasteiger partial charge on any atom is 0.258 e. The minimum atomic E-state index is -0.312. The first-order valence-electron chi connectivity index (χ1n) is 6.85. The van der Waals surface area contributed by atoms with Gasteiger partial charge in [0.05, 0.1) is 23.1 Å². The normalized spacial score (nSPS) is 11.7. The lowest BCUT2D eigenvalue weighted by atomic mass is 10.1. The maximum absolute atomic E-state index is 12.2. The van der Waals surface area contributed by atoms with Gasteiger partial charge < -0.3 is 15.1 Å². The van der Waals surface area contributed by atoms with Crippen molar-refractivity contribution in [3.8, 4) is 0 Å². The Bertz CT molecular complexity index is 620. The first-order chi connectivity index (χ1) is 10.1. The molecular weight excluding hydrogens is 268 g/mol. The van der Waals surface area contributed by atoms with Crippen LogP contribution < -0.4 is 10.6 Å². The number of amides is 2. The zero-order valence-electron chi connectivity index (χ0n) is 12.1. The van der Waals surface area contributed by atoms with E-state index < -0.39 is 0 Å². The van der Waals surface area contributed by atoms with Crippen molar-refractivity contribution >= 4 is 17.5 Å². The molecule has 2 N–H and O–H groups in total. The summed E-state index contributed by atoms with van der Waals surface area (Å²) in [7, 11) is 0. The average Bonchev–Trinajstić information content (AvgIpc) is 3.01. The first-order valence-corrected chi connectivity index (χ1v) is 6.85. The number of furan rings is 1. The van der Waals surface area contributed by atoms with Gasteiger partial charge in [0.2, 0.25) is 0 Å². The van der Waals surface area contributed by atoms with Crippen LogP contribution in [0.5, 0.6) is 0 Å². The molecule has 0 aliphatic heterocycles. The first kappa shape index (κ1) is 14.8. The molecule has 0 radical (unpaired) electrons. The van der Waals surface area contributed by atoms with Crippen LogP contribution in [0.1, 0.15) is 41.0 Å². The molecule has 2 amide bonds. The molecule has 1 atom stereocenters. The fraction of sp³-hybridized carbons (Fsp3) is 0.250. The molecule has 110 valence electrons. The highest BCUT2D eigenvalue weighted by Crippen LogP contribution is 2.16. The molecule has 5 nitrogen and oxygen atoms in total. The molecule has 0 spiro atoms. The van der Waals surface area contributed by atoms with Crippen molar-refractivity contribution in [3.63, 3.8) is 0 Å². The number of rotatable bonds is 5. The van der Waals surface area contributed by atoms with Crippen molar-refractivity contribution in [1.82, 2.24) is 5.32 Å². The quantitative estimate of drug-likeness (QED) is 0.887. The number of carbonyl (C=O) groups excluding carboxylic acids is 2. The Balaban J connectivity index is 2.17. The van der Waals surface area contributed by atoms with Crippen molar-refractivity contribution in [3.05, 3.63) is 54.0 Å². The molecule has 0 saturated heterocycles. The standard InChI is InChI=1S/C16H18N2O3/c1-3-11(2)17-16(20)13-6-4-5-7-14(13)18-15(19)12-8-9-21-10-12/h4-11H,3H2,1-2H3,(H,17,20)(H,18,19)/t11-/m1/s1. The molecule has 1 aromatic heterocycles. The van der Waals surface area contributed by atoms with Crippen molar-refractivity contribution in [2.45, 2.75) is 26.3 Å². The van der Waals surface area contributed by atoms with E-state index in [9.17, 15) is 9.59 Å². The van der Waals surface area contributed by atoms with Crippen molar-refractivity contribution in [1.29, 1.82) is 0 Å². The topological polar surface area (TPSA) is 71.3 Å². The van der Waals surface area contributed by atoms with Crippen molar-refractivity contribution < 1.29 is 14.0 Å². The number of anilines is 1. The van der Waals surface area contributed by atoms with E-state index in [4.69, 9.17) is 4.42 Å². The van der Waals surface area contributed by atoms with Crippen LogP contribution in [0.3, 0.4) is 0 Å². The summed E-state index contributed by atoms with van der Waals surface area (Å²) in [6.07, 6.45) is 3.63. The van der Waals surface area contributed by atoms with Gasteiger partial charge in [0.1, 0.15) is 6.26 Å². The van der Waals surface area contributed by atoms with Gasteiger partial charge in [-0.15, -0.1) is 0 Å². The van der Waals surface area contributed by atoms with E-state index in [0.29, 0.717) is 16.8 Å². The van der Waals surface area contributed by atoms with Crippen LogP contribution in [0, 0.1) is 0 Å². The van der Waals surface area contributed by atoms with Crippen LogP contribution in [0.4, 0.5) is 5.69 Å². The second kappa shape index (κ2) is 6.74. The van der Waals surface area contributed by atoms with Crippen molar-refractivity contribution in [2.75, 3.05) is 5.32 Å². The Morgan fingerprint density at radius 3 is 2.62 bits per heavy atom. The van der Waals surface area contributed by atoms with E-state index in [0.717, 1.165) is 6.42 Å². The summed E-state index contributed by atoms with van der Waals surface area (Å²) in [5.74, 6) is -0.514. The van der Waals surface area contributed by atoms with Gasteiger partial charge in [0, 0.05) is 6.04 Å². The van der Waals surface area contributed by atoms with Gasteiger partial charge in [-0.3, -0.25) is 9.59 Å². The molecule has 1 heterocycles. The summed E-state index contributed by atoms with van der Waals surface area (Å²) in [5, 5.41) is 5.61. The van der Waals surface area contributed by atoms with Crippen LogP contribution in [0.2, 0.25) is 0 Å². The third kappa shape index (κ3) is 3.72. The van der Waals surface area contributed by atoms with Gasteiger partial charge in [0.15, 0.2) is 0 Å². The third-order valence-electron chi connectivity index (χ3n) is 3.19. The van der Waals surface area contributed by atoms with Crippen LogP contribution in [0.25, 0.3) is 0 Å². The minimum absolute atomic E-state index is 0.0788. The zero-order chi connectivity index (χ0) is 15.2. The molecule has 0 bridgehead atoms. The second-order valence-electron chi connectivity index (χ2n) is 4.79. The SMILES string of the molecule is CC[C@@H](C)NC(=O)c1ccccc1NC(=O)c1ccoc1. The number of carbonyl (C=O) groups is 2. The van der Waals surface area contributed by atoms with E-state index in [-0.39, 0.29) is 17.9 Å². The predicted octanol–water partition coefficient (Wildman–Crippen LogP) is 3.06. The van der Waals surface area contributed by atoms with E-state index in [1.807, 2.05) is 13.8 Å². The molecule has 0 aliphatic rings. The van der Waals surface area contributed by atoms with Crippen LogP contribution in [-0.2, 0) is 0 Å². The van der Waals surface area contributed by atoms with E-state index in [1.54, 1.807) is 30.3 Å². The van der Waals surface area contributed by atoms with E-state index in [1.165, 1.54) is 12.5 Å². The summed E-state index contributed by atoms with van der Waals surface area (Å²) in [5.41, 5.74) is 1.33. The van der Waals surface area contributed by atoms with Gasteiger partial charge in [-0.1, -0.05) is 19.1 Å². The maximum atomic E-state index is 12.2. The lowest BCUT2D eigenvalue weighted by Crippen LogP contribution is -2.32. The minimum Gasteiger partial charge on any atom is -0.472 e. The molecular formula is C16H18N2O3. The van der Waals surface area contributed by atoms with Gasteiger partial charge in [-0.05, 0) is 31.5 Å². The highest BCUT2D eigenvalue weighted by Gasteiger charge is 2.15. The fourth-order valence-electron chi connectivity index (χ4n) is 1.78. The van der Waals surface area contributed by atoms with Crippen molar-refractivity contribution in [2.24, 2.45) is 0 Å². The lowest BCUT2D eigenvalue weighted by Gasteiger charge is -2.14. The van der Waals surface area contributed by atoms with Gasteiger partial charge >= 0.3 is 0 Å². The van der Waals surface area contributed by atoms with E-state index in [2.05, 4.69) is 10.6 Å². The Morgan fingerprint density at radius 1 is 1.19 bits per heavy atom. The number of para-hydroxylation sites is 1. The lowest BCUT2D eigenvalue weighted by molar-refractivity contribution is 0.0940. The Labute approximate surface area is 123 Å². The molecule has 0 unspecified atom stereocenters. The summed E-state index contributed by atoms with van der Waals surface area (Å²) in [4.78, 5) is 24.2. The fourth-order valence-corrected chi connectivity index (χ4v) is 1.78. The highest BCUT2D eigenvalue weighted by atomic mass is 16.3. The Kier molecular flexibility index (Phi) is 4.77. The molecule has 5 heteroatoms. The second-order valence-corrected chi connectivity index (χ2v) is 4.79. The molecule has 0 aliphatic carbocycles. The third-order valence-corrected chi connectivity index (χ3v) is 3.19. The van der Waals surface area contributed by atoms with E-state index >= 15 is 0 Å². The summed E-state index contributed by atoms with van der Waals surface area (Å²) in [6, 6.07) is 8.56. The summed E-state index contributed by atoms with van der Waals surface area (Å²) < 4.78 is 4.88. The Morgan fingerprint density at radius 2 is 1.95 bits per heavy atom. The monoisotopic (exact) mass is 286 g/mol. The summed E-state index contributed by atoms with van der Waals surface area (Å²) in [6.45, 7) is 3.93. The largest absolute Gasteiger partial charge is 0.472 e. The van der Waals surface area contributed by atoms with Gasteiger partial charge in [-0.2, -0.15) is 0 Å². The van der Waals surface area contributed by atoms with Crippen LogP contribution >= 0.6 is 0 Å². The van der Waals surface area contributed by atoms with Crippen LogP contribution in [0.15, 0.2) is 47.3 Å². The number of hydrogen-bond donors (Lipinski definition) is 2. The molecule has 21 heavy (non-hydrogen) atoms. The number of hydrogen-bond acceptors (Lipinski definition) is 3. The highest BCUT2D eigenvalue weighted by molar-refractivity contribution is 6.08.